The van der Waals surface area contributed by atoms with Crippen molar-refractivity contribution >= 4 is 17.2 Å². The van der Waals surface area contributed by atoms with Crippen molar-refractivity contribution in [2.45, 2.75) is 6.54 Å². The molecule has 0 saturated heterocycles. The van der Waals surface area contributed by atoms with E-state index < -0.39 is 0 Å². The number of hydrogen-bond donors (Lipinski definition) is 1. The lowest BCUT2D eigenvalue weighted by atomic mass is 10.1. The number of thiocarbonyl (C=S) groups is 1. The molecule has 5 nitrogen and oxygen atoms in total. The molecule has 110 valence electrons. The zero-order chi connectivity index (χ0) is 15.4. The van der Waals surface area contributed by atoms with Crippen LogP contribution in [-0.2, 0) is 11.3 Å². The predicted molar refractivity (Wildman–Crippen MR) is 81.7 cm³/mol. The minimum Gasteiger partial charge on any atom is -0.389 e. The minimum absolute atomic E-state index is 0.00284. The van der Waals surface area contributed by atoms with Crippen molar-refractivity contribution in [2.75, 3.05) is 13.7 Å². The van der Waals surface area contributed by atoms with Gasteiger partial charge in [0.25, 0.3) is 5.56 Å². The smallest absolute Gasteiger partial charge is 0.277 e. The fourth-order valence-electron chi connectivity index (χ4n) is 1.81. The first-order chi connectivity index (χ1) is 10.0. The van der Waals surface area contributed by atoms with E-state index in [4.69, 9.17) is 22.7 Å². The van der Waals surface area contributed by atoms with Crippen LogP contribution >= 0.6 is 12.2 Å². The number of ether oxygens (including phenoxy) is 1. The van der Waals surface area contributed by atoms with Crippen LogP contribution in [0.4, 0.5) is 4.39 Å². The second kappa shape index (κ2) is 6.55. The van der Waals surface area contributed by atoms with Crippen LogP contribution in [0.2, 0.25) is 0 Å². The van der Waals surface area contributed by atoms with E-state index in [9.17, 15) is 9.18 Å². The van der Waals surface area contributed by atoms with Gasteiger partial charge in [-0.3, -0.25) is 4.79 Å². The van der Waals surface area contributed by atoms with E-state index in [0.717, 1.165) is 0 Å². The maximum atomic E-state index is 13.0. The third-order valence-electron chi connectivity index (χ3n) is 2.89. The quantitative estimate of drug-likeness (QED) is 0.844. The number of rotatable bonds is 5. The highest BCUT2D eigenvalue weighted by Gasteiger charge is 2.12. The standard InChI is InChI=1S/C14H14FN3O2S/c1-20-7-6-18-14(19)11(13(16)21)8-12(17-18)9-2-4-10(15)5-3-9/h2-5,8H,6-7H2,1H3,(H2,16,21). The number of nitrogens with two attached hydrogens (primary N) is 1. The SMILES string of the molecule is COCCn1nc(-c2ccc(F)cc2)cc(C(N)=S)c1=O. The fourth-order valence-corrected chi connectivity index (χ4v) is 1.96. The number of hydrogen-bond acceptors (Lipinski definition) is 4. The molecule has 0 saturated carbocycles. The van der Waals surface area contributed by atoms with Crippen molar-refractivity contribution in [2.24, 2.45) is 5.73 Å². The molecule has 0 aliphatic carbocycles. The van der Waals surface area contributed by atoms with Gasteiger partial charge in [-0.15, -0.1) is 0 Å². The zero-order valence-electron chi connectivity index (χ0n) is 11.4. The van der Waals surface area contributed by atoms with Gasteiger partial charge in [-0.05, 0) is 30.3 Å². The molecular weight excluding hydrogens is 293 g/mol. The largest absolute Gasteiger partial charge is 0.389 e. The Balaban J connectivity index is 2.55. The molecule has 0 bridgehead atoms. The maximum absolute atomic E-state index is 13.0. The van der Waals surface area contributed by atoms with Gasteiger partial charge < -0.3 is 10.5 Å². The Labute approximate surface area is 126 Å². The van der Waals surface area contributed by atoms with Crippen molar-refractivity contribution in [3.8, 4) is 11.3 Å². The van der Waals surface area contributed by atoms with Crippen LogP contribution in [0, 0.1) is 5.82 Å². The van der Waals surface area contributed by atoms with Crippen molar-refractivity contribution in [3.05, 3.63) is 52.1 Å². The highest BCUT2D eigenvalue weighted by Crippen LogP contribution is 2.17. The first-order valence-corrected chi connectivity index (χ1v) is 6.60. The van der Waals surface area contributed by atoms with Crippen LogP contribution in [0.1, 0.15) is 5.56 Å². The normalized spacial score (nSPS) is 10.6. The molecule has 21 heavy (non-hydrogen) atoms. The second-order valence-electron chi connectivity index (χ2n) is 4.34. The number of nitrogens with zero attached hydrogens (tertiary/aromatic N) is 2. The summed E-state index contributed by atoms with van der Waals surface area (Å²) in [6.07, 6.45) is 0. The molecule has 0 amide bonds. The van der Waals surface area contributed by atoms with Crippen LogP contribution in [0.25, 0.3) is 11.3 Å². The first-order valence-electron chi connectivity index (χ1n) is 6.19. The summed E-state index contributed by atoms with van der Waals surface area (Å²) in [4.78, 5) is 12.2. The highest BCUT2D eigenvalue weighted by atomic mass is 32.1. The molecule has 1 heterocycles. The third kappa shape index (κ3) is 3.50. The van der Waals surface area contributed by atoms with E-state index in [0.29, 0.717) is 17.9 Å². The van der Waals surface area contributed by atoms with Gasteiger partial charge in [0.2, 0.25) is 0 Å². The Morgan fingerprint density at radius 3 is 2.67 bits per heavy atom. The summed E-state index contributed by atoms with van der Waals surface area (Å²) in [7, 11) is 1.53. The Morgan fingerprint density at radius 1 is 1.43 bits per heavy atom. The van der Waals surface area contributed by atoms with E-state index in [2.05, 4.69) is 5.10 Å². The molecule has 0 aliphatic rings. The number of methoxy groups -OCH3 is 1. The lowest BCUT2D eigenvalue weighted by Crippen LogP contribution is -2.32. The topological polar surface area (TPSA) is 70.1 Å². The summed E-state index contributed by atoms with van der Waals surface area (Å²) in [5.74, 6) is -0.346. The summed E-state index contributed by atoms with van der Waals surface area (Å²) in [6.45, 7) is 0.608. The summed E-state index contributed by atoms with van der Waals surface area (Å²) < 4.78 is 19.2. The van der Waals surface area contributed by atoms with Crippen LogP contribution in [0.5, 0.6) is 0 Å². The lowest BCUT2D eigenvalue weighted by Gasteiger charge is -2.10. The predicted octanol–water partition coefficient (Wildman–Crippen LogP) is 1.33. The molecule has 2 aromatic rings. The lowest BCUT2D eigenvalue weighted by molar-refractivity contribution is 0.182. The first kappa shape index (κ1) is 15.3. The van der Waals surface area contributed by atoms with E-state index in [1.54, 1.807) is 12.1 Å². The summed E-state index contributed by atoms with van der Waals surface area (Å²) in [5.41, 5.74) is 6.58. The molecule has 2 rings (SSSR count). The van der Waals surface area contributed by atoms with Gasteiger partial charge in [-0.2, -0.15) is 5.10 Å². The van der Waals surface area contributed by atoms with Crippen molar-refractivity contribution in [3.63, 3.8) is 0 Å². The Morgan fingerprint density at radius 2 is 2.10 bits per heavy atom. The van der Waals surface area contributed by atoms with Gasteiger partial charge in [0.15, 0.2) is 0 Å². The number of benzene rings is 1. The molecule has 2 N–H and O–H groups in total. The van der Waals surface area contributed by atoms with Crippen LogP contribution in [0.15, 0.2) is 35.1 Å². The maximum Gasteiger partial charge on any atom is 0.277 e. The summed E-state index contributed by atoms with van der Waals surface area (Å²) >= 11 is 4.90. The van der Waals surface area contributed by atoms with Gasteiger partial charge in [-0.1, -0.05) is 12.2 Å². The highest BCUT2D eigenvalue weighted by molar-refractivity contribution is 7.80. The molecule has 0 aliphatic heterocycles. The van der Waals surface area contributed by atoms with Crippen LogP contribution in [-0.4, -0.2) is 28.5 Å². The van der Waals surface area contributed by atoms with Gasteiger partial charge in [-0.25, -0.2) is 9.07 Å². The zero-order valence-corrected chi connectivity index (χ0v) is 12.2. The van der Waals surface area contributed by atoms with Gasteiger partial charge >= 0.3 is 0 Å². The average molecular weight is 307 g/mol. The van der Waals surface area contributed by atoms with E-state index in [1.807, 2.05) is 0 Å². The molecule has 0 atom stereocenters. The molecule has 0 spiro atoms. The van der Waals surface area contributed by atoms with Crippen LogP contribution < -0.4 is 11.3 Å². The van der Waals surface area contributed by atoms with E-state index in [-0.39, 0.29) is 28.5 Å². The Hall–Kier alpha value is -2.12. The van der Waals surface area contributed by atoms with E-state index in [1.165, 1.54) is 30.0 Å². The van der Waals surface area contributed by atoms with Crippen molar-refractivity contribution in [1.29, 1.82) is 0 Å². The van der Waals surface area contributed by atoms with Crippen molar-refractivity contribution < 1.29 is 9.13 Å². The molecular formula is C14H14FN3O2S. The van der Waals surface area contributed by atoms with Gasteiger partial charge in [0.05, 0.1) is 24.4 Å². The molecule has 0 fully saturated rings. The van der Waals surface area contributed by atoms with E-state index >= 15 is 0 Å². The Bertz CT molecular complexity index is 713. The third-order valence-corrected chi connectivity index (χ3v) is 3.11. The molecule has 1 aromatic carbocycles. The second-order valence-corrected chi connectivity index (χ2v) is 4.78. The fraction of sp³-hybridized carbons (Fsp3) is 0.214. The van der Waals surface area contributed by atoms with Gasteiger partial charge in [0.1, 0.15) is 10.8 Å². The molecule has 1 aromatic heterocycles. The molecule has 0 radical (unpaired) electrons. The monoisotopic (exact) mass is 307 g/mol. The number of aromatic nitrogens is 2. The minimum atomic E-state index is -0.370. The molecule has 0 unspecified atom stereocenters. The summed E-state index contributed by atoms with van der Waals surface area (Å²) in [5, 5.41) is 4.24. The average Bonchev–Trinajstić information content (AvgIpc) is 2.47. The molecule has 7 heteroatoms. The summed E-state index contributed by atoms with van der Waals surface area (Å²) in [6, 6.07) is 7.31. The van der Waals surface area contributed by atoms with Crippen LogP contribution in [0.3, 0.4) is 0 Å². The van der Waals surface area contributed by atoms with Crippen molar-refractivity contribution in [1.82, 2.24) is 9.78 Å². The number of halogens is 1. The van der Waals surface area contributed by atoms with Gasteiger partial charge in [0, 0.05) is 12.7 Å². The Kier molecular flexibility index (Phi) is 4.77.